The number of carbonyl (C=O) groups excluding carboxylic acids is 1. The Morgan fingerprint density at radius 3 is 2.26 bits per heavy atom. The molecule has 1 rings (SSSR count). The molecule has 1 aromatic rings. The molecular formula is C10H9F2NO5S. The number of carboxylic acid groups (broad SMARTS) is 1. The zero-order chi connectivity index (χ0) is 15.0. The largest absolute Gasteiger partial charge is 0.477 e. The summed E-state index contributed by atoms with van der Waals surface area (Å²) in [5.74, 6) is -6.38. The Kier molecular flexibility index (Phi) is 3.89. The molecule has 0 aliphatic carbocycles. The number of rotatable bonds is 4. The molecule has 1 amide bonds. The quantitative estimate of drug-likeness (QED) is 0.775. The van der Waals surface area contributed by atoms with Crippen molar-refractivity contribution in [2.24, 2.45) is 5.73 Å². The van der Waals surface area contributed by atoms with Crippen LogP contribution in [-0.2, 0) is 14.6 Å². The molecule has 0 aliphatic heterocycles. The maximum absolute atomic E-state index is 13.8. The van der Waals surface area contributed by atoms with Crippen LogP contribution in [0.3, 0.4) is 0 Å². The van der Waals surface area contributed by atoms with Crippen molar-refractivity contribution in [2.45, 2.75) is 17.1 Å². The number of aromatic carboxylic acids is 1. The lowest BCUT2D eigenvalue weighted by Gasteiger charge is -2.11. The maximum Gasteiger partial charge on any atom is 0.341 e. The first kappa shape index (κ1) is 15.0. The second-order valence-electron chi connectivity index (χ2n) is 3.63. The summed E-state index contributed by atoms with van der Waals surface area (Å²) in [5, 5.41) is 6.85. The molecular weight excluding hydrogens is 284 g/mol. The van der Waals surface area contributed by atoms with Crippen molar-refractivity contribution in [3.8, 4) is 0 Å². The van der Waals surface area contributed by atoms with Crippen molar-refractivity contribution in [3.63, 3.8) is 0 Å². The molecule has 6 nitrogen and oxygen atoms in total. The molecule has 0 radical (unpaired) electrons. The van der Waals surface area contributed by atoms with Crippen molar-refractivity contribution < 1.29 is 31.9 Å². The van der Waals surface area contributed by atoms with E-state index in [1.54, 1.807) is 0 Å². The van der Waals surface area contributed by atoms with Crippen molar-refractivity contribution >= 4 is 21.7 Å². The van der Waals surface area contributed by atoms with Gasteiger partial charge in [-0.1, -0.05) is 0 Å². The van der Waals surface area contributed by atoms with Crippen LogP contribution >= 0.6 is 0 Å². The smallest absolute Gasteiger partial charge is 0.341 e. The number of hydrogen-bond acceptors (Lipinski definition) is 4. The Morgan fingerprint density at radius 1 is 1.32 bits per heavy atom. The SMILES string of the molecule is CC(C(N)=O)S(=O)(=O)c1ccc(F)c(C(=O)O)c1F. The van der Waals surface area contributed by atoms with Crippen molar-refractivity contribution in [1.82, 2.24) is 0 Å². The zero-order valence-electron chi connectivity index (χ0n) is 9.55. The van der Waals surface area contributed by atoms with Crippen LogP contribution in [0.15, 0.2) is 17.0 Å². The summed E-state index contributed by atoms with van der Waals surface area (Å²) in [4.78, 5) is 20.4. The predicted molar refractivity (Wildman–Crippen MR) is 59.2 cm³/mol. The first-order valence-corrected chi connectivity index (χ1v) is 6.39. The number of carbonyl (C=O) groups is 2. The molecule has 0 saturated carbocycles. The zero-order valence-corrected chi connectivity index (χ0v) is 10.4. The highest BCUT2D eigenvalue weighted by Crippen LogP contribution is 2.24. The molecule has 0 saturated heterocycles. The predicted octanol–water partition coefficient (Wildman–Crippen LogP) is 0.311. The van der Waals surface area contributed by atoms with E-state index >= 15 is 0 Å². The van der Waals surface area contributed by atoms with Crippen molar-refractivity contribution in [1.29, 1.82) is 0 Å². The van der Waals surface area contributed by atoms with Crippen LogP contribution in [-0.4, -0.2) is 30.7 Å². The number of sulfone groups is 1. The van der Waals surface area contributed by atoms with Crippen LogP contribution in [0.1, 0.15) is 17.3 Å². The average molecular weight is 293 g/mol. The Bertz CT molecular complexity index is 656. The van der Waals surface area contributed by atoms with Gasteiger partial charge in [0, 0.05) is 0 Å². The number of hydrogen-bond donors (Lipinski definition) is 2. The topological polar surface area (TPSA) is 115 Å². The van der Waals surface area contributed by atoms with Crippen LogP contribution in [0.2, 0.25) is 0 Å². The molecule has 0 aromatic heterocycles. The highest BCUT2D eigenvalue weighted by Gasteiger charge is 2.33. The fourth-order valence-electron chi connectivity index (χ4n) is 1.29. The Hall–Kier alpha value is -2.03. The number of carboxylic acids is 1. The molecule has 1 unspecified atom stereocenters. The summed E-state index contributed by atoms with van der Waals surface area (Å²) in [6, 6.07) is 1.04. The lowest BCUT2D eigenvalue weighted by atomic mass is 10.2. The highest BCUT2D eigenvalue weighted by molar-refractivity contribution is 7.92. The van der Waals surface area contributed by atoms with E-state index < -0.39 is 49.1 Å². The Labute approximate surface area is 106 Å². The summed E-state index contributed by atoms with van der Waals surface area (Å²) < 4.78 is 50.5. The number of amides is 1. The summed E-state index contributed by atoms with van der Waals surface area (Å²) in [6.45, 7) is 0.918. The van der Waals surface area contributed by atoms with Gasteiger partial charge in [-0.3, -0.25) is 4.79 Å². The monoisotopic (exact) mass is 293 g/mol. The maximum atomic E-state index is 13.8. The summed E-state index contributed by atoms with van der Waals surface area (Å²) in [5.41, 5.74) is 3.40. The first-order chi connectivity index (χ1) is 8.60. The van der Waals surface area contributed by atoms with Crippen LogP contribution in [0, 0.1) is 11.6 Å². The van der Waals surface area contributed by atoms with Gasteiger partial charge in [0.05, 0.1) is 0 Å². The van der Waals surface area contributed by atoms with Crippen LogP contribution in [0.25, 0.3) is 0 Å². The van der Waals surface area contributed by atoms with E-state index in [-0.39, 0.29) is 0 Å². The Balaban J connectivity index is 3.59. The van der Waals surface area contributed by atoms with Crippen molar-refractivity contribution in [2.75, 3.05) is 0 Å². The lowest BCUT2D eigenvalue weighted by molar-refractivity contribution is -0.117. The highest BCUT2D eigenvalue weighted by atomic mass is 32.2. The number of halogens is 2. The van der Waals surface area contributed by atoms with E-state index in [1.807, 2.05) is 0 Å². The van der Waals surface area contributed by atoms with Gasteiger partial charge >= 0.3 is 5.97 Å². The summed E-state index contributed by atoms with van der Waals surface area (Å²) in [7, 11) is -4.52. The van der Waals surface area contributed by atoms with Gasteiger partial charge in [-0.15, -0.1) is 0 Å². The average Bonchev–Trinajstić information content (AvgIpc) is 2.26. The molecule has 19 heavy (non-hydrogen) atoms. The molecule has 0 heterocycles. The minimum absolute atomic E-state index is 0.493. The van der Waals surface area contributed by atoms with Gasteiger partial charge in [0.25, 0.3) is 0 Å². The standard InChI is InChI=1S/C10H9F2NO5S/c1-4(9(13)14)19(17,18)6-3-2-5(11)7(8(6)12)10(15)16/h2-4H,1H3,(H2,13,14)(H,15,16). The number of nitrogens with two attached hydrogens (primary N) is 1. The first-order valence-electron chi connectivity index (χ1n) is 4.85. The van der Waals surface area contributed by atoms with Gasteiger partial charge < -0.3 is 10.8 Å². The minimum Gasteiger partial charge on any atom is -0.477 e. The van der Waals surface area contributed by atoms with Gasteiger partial charge in [0.1, 0.15) is 21.5 Å². The molecule has 0 spiro atoms. The van der Waals surface area contributed by atoms with Gasteiger partial charge in [-0.25, -0.2) is 22.0 Å². The number of primary amides is 1. The van der Waals surface area contributed by atoms with E-state index in [0.29, 0.717) is 12.1 Å². The molecule has 1 atom stereocenters. The van der Waals surface area contributed by atoms with E-state index in [1.165, 1.54) is 0 Å². The fourth-order valence-corrected chi connectivity index (χ4v) is 2.59. The molecule has 104 valence electrons. The van der Waals surface area contributed by atoms with Gasteiger partial charge in [-0.05, 0) is 19.1 Å². The number of benzene rings is 1. The molecule has 0 aliphatic rings. The lowest BCUT2D eigenvalue weighted by Crippen LogP contribution is -2.34. The van der Waals surface area contributed by atoms with Gasteiger partial charge in [0.15, 0.2) is 15.7 Å². The van der Waals surface area contributed by atoms with E-state index in [9.17, 15) is 26.8 Å². The second-order valence-corrected chi connectivity index (χ2v) is 5.87. The van der Waals surface area contributed by atoms with E-state index in [2.05, 4.69) is 0 Å². The van der Waals surface area contributed by atoms with Crippen LogP contribution in [0.5, 0.6) is 0 Å². The third-order valence-corrected chi connectivity index (χ3v) is 4.53. The second kappa shape index (κ2) is 4.92. The molecule has 3 N–H and O–H groups in total. The van der Waals surface area contributed by atoms with Gasteiger partial charge in [-0.2, -0.15) is 0 Å². The minimum atomic E-state index is -4.52. The third-order valence-electron chi connectivity index (χ3n) is 2.44. The summed E-state index contributed by atoms with van der Waals surface area (Å²) >= 11 is 0. The van der Waals surface area contributed by atoms with Crippen LogP contribution in [0.4, 0.5) is 8.78 Å². The van der Waals surface area contributed by atoms with E-state index in [4.69, 9.17) is 10.8 Å². The Morgan fingerprint density at radius 2 is 1.84 bits per heavy atom. The van der Waals surface area contributed by atoms with Crippen LogP contribution < -0.4 is 5.73 Å². The molecule has 9 heteroatoms. The molecule has 0 fully saturated rings. The van der Waals surface area contributed by atoms with Gasteiger partial charge in [0.2, 0.25) is 5.91 Å². The van der Waals surface area contributed by atoms with Crippen molar-refractivity contribution in [3.05, 3.63) is 29.3 Å². The summed E-state index contributed by atoms with van der Waals surface area (Å²) in [6.07, 6.45) is 0. The van der Waals surface area contributed by atoms with E-state index in [0.717, 1.165) is 6.92 Å². The molecule has 0 bridgehead atoms. The normalized spacial score (nSPS) is 13.0. The third kappa shape index (κ3) is 2.55. The fraction of sp³-hybridized carbons (Fsp3) is 0.200. The molecule has 1 aromatic carbocycles.